The lowest BCUT2D eigenvalue weighted by Crippen LogP contribution is -2.43. The number of imide groups is 1. The summed E-state index contributed by atoms with van der Waals surface area (Å²) in [6.45, 7) is 0.812. The van der Waals surface area contributed by atoms with E-state index in [-0.39, 0.29) is 30.1 Å². The third-order valence-corrected chi connectivity index (χ3v) is 7.07. The quantitative estimate of drug-likeness (QED) is 0.615. The summed E-state index contributed by atoms with van der Waals surface area (Å²) in [6.07, 6.45) is 6.39. The second-order valence-corrected chi connectivity index (χ2v) is 8.93. The Morgan fingerprint density at radius 2 is 1.81 bits per heavy atom. The molecule has 0 spiro atoms. The van der Waals surface area contributed by atoms with Gasteiger partial charge in [-0.05, 0) is 61.2 Å². The van der Waals surface area contributed by atoms with Gasteiger partial charge in [-0.15, -0.1) is 0 Å². The Balaban J connectivity index is 1.31. The van der Waals surface area contributed by atoms with E-state index in [1.165, 1.54) is 30.6 Å². The number of fused-ring (bicyclic) bond motifs is 2. The second-order valence-electron chi connectivity index (χ2n) is 7.93. The van der Waals surface area contributed by atoms with Crippen LogP contribution in [0.1, 0.15) is 31.2 Å². The van der Waals surface area contributed by atoms with Crippen LogP contribution in [0.5, 0.6) is 11.5 Å². The third-order valence-electron chi connectivity index (χ3n) is 6.17. The van der Waals surface area contributed by atoms with Crippen molar-refractivity contribution in [3.05, 3.63) is 28.7 Å². The van der Waals surface area contributed by atoms with Crippen LogP contribution < -0.4 is 14.8 Å². The second kappa shape index (κ2) is 9.32. The monoisotopic (exact) mass is 445 g/mol. The molecule has 8 nitrogen and oxygen atoms in total. The minimum atomic E-state index is -0.350. The minimum absolute atomic E-state index is 0.0494. The molecule has 166 valence electrons. The first-order valence-electron chi connectivity index (χ1n) is 10.5. The van der Waals surface area contributed by atoms with E-state index in [1.54, 1.807) is 38.5 Å². The van der Waals surface area contributed by atoms with Crippen LogP contribution in [0.3, 0.4) is 0 Å². The van der Waals surface area contributed by atoms with Gasteiger partial charge in [0, 0.05) is 25.2 Å². The number of carbonyl (C=O) groups excluding carboxylic acids is 3. The molecule has 1 aromatic carbocycles. The highest BCUT2D eigenvalue weighted by Gasteiger charge is 2.40. The normalized spacial score (nSPS) is 24.3. The average Bonchev–Trinajstić information content (AvgIpc) is 3.42. The topological polar surface area (TPSA) is 88.2 Å². The Morgan fingerprint density at radius 1 is 1.13 bits per heavy atom. The van der Waals surface area contributed by atoms with Crippen LogP contribution in [-0.2, 0) is 9.59 Å². The fourth-order valence-corrected chi connectivity index (χ4v) is 5.46. The average molecular weight is 446 g/mol. The predicted molar refractivity (Wildman–Crippen MR) is 118 cm³/mol. The maximum absolute atomic E-state index is 12.7. The van der Waals surface area contributed by atoms with E-state index in [9.17, 15) is 14.4 Å². The number of thioether (sulfide) groups is 1. The number of methoxy groups -OCH3 is 2. The van der Waals surface area contributed by atoms with Gasteiger partial charge in [0.15, 0.2) is 11.5 Å². The first kappa shape index (κ1) is 21.7. The number of benzene rings is 1. The molecule has 0 saturated carbocycles. The summed E-state index contributed by atoms with van der Waals surface area (Å²) in [5.74, 6) is 0.735. The molecule has 3 saturated heterocycles. The fourth-order valence-electron chi connectivity index (χ4n) is 4.59. The van der Waals surface area contributed by atoms with Gasteiger partial charge >= 0.3 is 0 Å². The molecule has 1 N–H and O–H groups in total. The number of hydrogen-bond acceptors (Lipinski definition) is 7. The van der Waals surface area contributed by atoms with Crippen molar-refractivity contribution in [1.82, 2.24) is 15.1 Å². The van der Waals surface area contributed by atoms with Gasteiger partial charge in [-0.25, -0.2) is 0 Å². The van der Waals surface area contributed by atoms with E-state index in [0.717, 1.165) is 17.3 Å². The number of rotatable bonds is 8. The van der Waals surface area contributed by atoms with Crippen LogP contribution in [-0.4, -0.2) is 72.8 Å². The maximum atomic E-state index is 12.7. The molecule has 0 aromatic heterocycles. The SMILES string of the molecule is COc1ccc(/C=C2/SC(=O)N(CCNC(=O)CN3C4CCC3CC4)C2=O)cc1OC. The van der Waals surface area contributed by atoms with Crippen molar-refractivity contribution < 1.29 is 23.9 Å². The highest BCUT2D eigenvalue weighted by atomic mass is 32.2. The van der Waals surface area contributed by atoms with E-state index in [2.05, 4.69) is 10.2 Å². The van der Waals surface area contributed by atoms with Gasteiger partial charge in [-0.2, -0.15) is 0 Å². The standard InChI is InChI=1S/C22H27N3O5S/c1-29-17-8-3-14(11-18(17)30-2)12-19-21(27)24(22(28)31-19)10-9-23-20(26)13-25-15-4-5-16(25)7-6-15/h3,8,11-12,15-16H,4-7,9-10,13H2,1-2H3,(H,23,26)/b19-12+. The van der Waals surface area contributed by atoms with Gasteiger partial charge in [0.2, 0.25) is 5.91 Å². The molecule has 0 atom stereocenters. The minimum Gasteiger partial charge on any atom is -0.493 e. The van der Waals surface area contributed by atoms with Crippen molar-refractivity contribution in [3.63, 3.8) is 0 Å². The zero-order valence-electron chi connectivity index (χ0n) is 17.8. The van der Waals surface area contributed by atoms with Gasteiger partial charge < -0.3 is 14.8 Å². The molecule has 0 radical (unpaired) electrons. The van der Waals surface area contributed by atoms with Crippen molar-refractivity contribution >= 4 is 34.9 Å². The van der Waals surface area contributed by atoms with Crippen LogP contribution in [0.2, 0.25) is 0 Å². The molecule has 3 amide bonds. The molecule has 1 aromatic rings. The molecule has 0 unspecified atom stereocenters. The van der Waals surface area contributed by atoms with Crippen LogP contribution in [0.4, 0.5) is 4.79 Å². The highest BCUT2D eigenvalue weighted by Crippen LogP contribution is 2.37. The molecular weight excluding hydrogens is 418 g/mol. The summed E-state index contributed by atoms with van der Waals surface area (Å²) in [4.78, 5) is 41.1. The van der Waals surface area contributed by atoms with Crippen LogP contribution in [0.25, 0.3) is 6.08 Å². The number of amides is 3. The smallest absolute Gasteiger partial charge is 0.293 e. The van der Waals surface area contributed by atoms with E-state index in [4.69, 9.17) is 9.47 Å². The summed E-state index contributed by atoms with van der Waals surface area (Å²) in [5.41, 5.74) is 0.733. The molecule has 0 aliphatic carbocycles. The van der Waals surface area contributed by atoms with E-state index >= 15 is 0 Å². The summed E-state index contributed by atoms with van der Waals surface area (Å²) >= 11 is 0.899. The molecule has 3 fully saturated rings. The van der Waals surface area contributed by atoms with Crippen molar-refractivity contribution in [2.45, 2.75) is 37.8 Å². The molecule has 4 rings (SSSR count). The number of nitrogens with one attached hydrogen (secondary N) is 1. The Kier molecular flexibility index (Phi) is 6.52. The van der Waals surface area contributed by atoms with Gasteiger partial charge in [0.25, 0.3) is 11.1 Å². The van der Waals surface area contributed by atoms with E-state index < -0.39 is 0 Å². The first-order valence-corrected chi connectivity index (χ1v) is 11.3. The van der Waals surface area contributed by atoms with E-state index in [1.807, 2.05) is 0 Å². The number of hydrogen-bond donors (Lipinski definition) is 1. The van der Waals surface area contributed by atoms with Gasteiger partial charge in [-0.3, -0.25) is 24.2 Å². The summed E-state index contributed by atoms with van der Waals surface area (Å²) in [7, 11) is 3.09. The molecule has 3 aliphatic heterocycles. The van der Waals surface area contributed by atoms with Crippen LogP contribution in [0.15, 0.2) is 23.1 Å². The molecule has 2 bridgehead atoms. The Labute approximate surface area is 185 Å². The largest absolute Gasteiger partial charge is 0.493 e. The maximum Gasteiger partial charge on any atom is 0.293 e. The number of nitrogens with zero attached hydrogens (tertiary/aromatic N) is 2. The lowest BCUT2D eigenvalue weighted by molar-refractivity contribution is -0.125. The summed E-state index contributed by atoms with van der Waals surface area (Å²) in [5, 5.41) is 2.52. The highest BCUT2D eigenvalue weighted by molar-refractivity contribution is 8.18. The van der Waals surface area contributed by atoms with Crippen LogP contribution >= 0.6 is 11.8 Å². The summed E-state index contributed by atoms with van der Waals surface area (Å²) < 4.78 is 10.5. The molecule has 31 heavy (non-hydrogen) atoms. The van der Waals surface area contributed by atoms with Crippen LogP contribution in [0, 0.1) is 0 Å². The lowest BCUT2D eigenvalue weighted by atomic mass is 10.0. The Hall–Kier alpha value is -2.52. The summed E-state index contributed by atoms with van der Waals surface area (Å²) in [6, 6.07) is 6.37. The van der Waals surface area contributed by atoms with Gasteiger partial charge in [0.05, 0.1) is 25.7 Å². The number of carbonyl (C=O) groups is 3. The fraction of sp³-hybridized carbons (Fsp3) is 0.500. The van der Waals surface area contributed by atoms with Crippen molar-refractivity contribution in [3.8, 4) is 11.5 Å². The Bertz CT molecular complexity index is 898. The van der Waals surface area contributed by atoms with E-state index in [0.29, 0.717) is 35.0 Å². The zero-order valence-corrected chi connectivity index (χ0v) is 18.6. The third kappa shape index (κ3) is 4.57. The van der Waals surface area contributed by atoms with Gasteiger partial charge in [0.1, 0.15) is 0 Å². The Morgan fingerprint density at radius 3 is 2.45 bits per heavy atom. The van der Waals surface area contributed by atoms with Crippen molar-refractivity contribution in [1.29, 1.82) is 0 Å². The molecule has 3 aliphatic rings. The molecule has 9 heteroatoms. The predicted octanol–water partition coefficient (Wildman–Crippen LogP) is 2.48. The molecular formula is C22H27N3O5S. The first-order chi connectivity index (χ1) is 15.0. The number of ether oxygens (including phenoxy) is 2. The lowest BCUT2D eigenvalue weighted by Gasteiger charge is -2.21. The van der Waals surface area contributed by atoms with Crippen molar-refractivity contribution in [2.24, 2.45) is 0 Å². The zero-order chi connectivity index (χ0) is 22.0. The van der Waals surface area contributed by atoms with Crippen molar-refractivity contribution in [2.75, 3.05) is 33.9 Å². The van der Waals surface area contributed by atoms with Gasteiger partial charge in [-0.1, -0.05) is 6.07 Å². The molecule has 3 heterocycles.